The van der Waals surface area contributed by atoms with Crippen molar-refractivity contribution >= 4 is 11.6 Å². The molecule has 3 aromatic heterocycles. The number of hydrogen-bond donors (Lipinski definition) is 0. The van der Waals surface area contributed by atoms with Gasteiger partial charge in [-0.3, -0.25) is 0 Å². The van der Waals surface area contributed by atoms with E-state index in [-0.39, 0.29) is 11.8 Å². The highest BCUT2D eigenvalue weighted by atomic mass is 19.4. The molecule has 1 aliphatic rings. The molecular formula is C18H20F3N5O. The maximum Gasteiger partial charge on any atom is 0.433 e. The third kappa shape index (κ3) is 3.26. The van der Waals surface area contributed by atoms with Crippen LogP contribution in [0, 0.1) is 5.92 Å². The average Bonchev–Trinajstić information content (AvgIpc) is 3.29. The van der Waals surface area contributed by atoms with Gasteiger partial charge in [-0.1, -0.05) is 13.8 Å². The fourth-order valence-electron chi connectivity index (χ4n) is 3.60. The number of rotatable bonds is 3. The minimum absolute atomic E-state index is 0.0640. The number of halogens is 3. The van der Waals surface area contributed by atoms with Crippen LogP contribution >= 0.6 is 0 Å². The van der Waals surface area contributed by atoms with Gasteiger partial charge < -0.3 is 9.32 Å². The second-order valence-corrected chi connectivity index (χ2v) is 6.97. The van der Waals surface area contributed by atoms with Crippen molar-refractivity contribution in [2.45, 2.75) is 45.3 Å². The van der Waals surface area contributed by atoms with E-state index in [1.54, 1.807) is 0 Å². The Hall–Kier alpha value is -2.58. The third-order valence-corrected chi connectivity index (χ3v) is 5.04. The van der Waals surface area contributed by atoms with E-state index in [9.17, 15) is 13.2 Å². The SMILES string of the molecule is CCc1ccc([C@@H]2C[C@@H](C)CCN2c2cc(C(F)(F)F)nc3ncnn23)o1. The fourth-order valence-corrected chi connectivity index (χ4v) is 3.60. The molecule has 1 aliphatic heterocycles. The Morgan fingerprint density at radius 2 is 2.11 bits per heavy atom. The molecule has 4 heterocycles. The van der Waals surface area contributed by atoms with E-state index in [0.717, 1.165) is 36.8 Å². The van der Waals surface area contributed by atoms with Crippen LogP contribution in [-0.4, -0.2) is 26.1 Å². The van der Waals surface area contributed by atoms with Gasteiger partial charge in [0.1, 0.15) is 23.7 Å². The summed E-state index contributed by atoms with van der Waals surface area (Å²) < 4.78 is 47.3. The lowest BCUT2D eigenvalue weighted by atomic mass is 9.91. The summed E-state index contributed by atoms with van der Waals surface area (Å²) in [5.41, 5.74) is -0.968. The minimum atomic E-state index is -4.55. The van der Waals surface area contributed by atoms with Crippen LogP contribution in [0.3, 0.4) is 0 Å². The third-order valence-electron chi connectivity index (χ3n) is 5.04. The number of anilines is 1. The summed E-state index contributed by atoms with van der Waals surface area (Å²) in [4.78, 5) is 9.40. The predicted molar refractivity (Wildman–Crippen MR) is 92.4 cm³/mol. The molecule has 3 aromatic rings. The van der Waals surface area contributed by atoms with E-state index in [1.807, 2.05) is 24.0 Å². The molecule has 6 nitrogen and oxygen atoms in total. The maximum absolute atomic E-state index is 13.3. The lowest BCUT2D eigenvalue weighted by Gasteiger charge is -2.39. The lowest BCUT2D eigenvalue weighted by molar-refractivity contribution is -0.141. The monoisotopic (exact) mass is 379 g/mol. The first-order valence-corrected chi connectivity index (χ1v) is 9.00. The van der Waals surface area contributed by atoms with Crippen molar-refractivity contribution < 1.29 is 17.6 Å². The molecule has 0 aromatic carbocycles. The second kappa shape index (κ2) is 6.54. The van der Waals surface area contributed by atoms with E-state index < -0.39 is 11.9 Å². The zero-order valence-corrected chi connectivity index (χ0v) is 15.1. The second-order valence-electron chi connectivity index (χ2n) is 6.97. The molecule has 0 saturated carbocycles. The molecule has 9 heteroatoms. The molecular weight excluding hydrogens is 359 g/mol. The zero-order chi connectivity index (χ0) is 19.2. The summed E-state index contributed by atoms with van der Waals surface area (Å²) in [6, 6.07) is 4.73. The quantitative estimate of drug-likeness (QED) is 0.680. The van der Waals surface area contributed by atoms with Gasteiger partial charge in [0, 0.05) is 19.0 Å². The van der Waals surface area contributed by atoms with Crippen molar-refractivity contribution in [3.8, 4) is 0 Å². The maximum atomic E-state index is 13.3. The average molecular weight is 379 g/mol. The van der Waals surface area contributed by atoms with Crippen LogP contribution in [0.4, 0.5) is 19.0 Å². The minimum Gasteiger partial charge on any atom is -0.464 e. The number of hydrogen-bond acceptors (Lipinski definition) is 5. The molecule has 0 bridgehead atoms. The molecule has 0 amide bonds. The molecule has 27 heavy (non-hydrogen) atoms. The molecule has 1 saturated heterocycles. The normalized spacial score (nSPS) is 21.1. The number of fused-ring (bicyclic) bond motifs is 1. The molecule has 144 valence electrons. The summed E-state index contributed by atoms with van der Waals surface area (Å²) in [7, 11) is 0. The number of furan rings is 1. The van der Waals surface area contributed by atoms with E-state index >= 15 is 0 Å². The van der Waals surface area contributed by atoms with Crippen LogP contribution in [0.2, 0.25) is 0 Å². The molecule has 4 rings (SSSR count). The van der Waals surface area contributed by atoms with Crippen molar-refractivity contribution in [2.75, 3.05) is 11.4 Å². The first kappa shape index (κ1) is 17.8. The number of aryl methyl sites for hydroxylation is 1. The van der Waals surface area contributed by atoms with Crippen LogP contribution in [0.1, 0.15) is 49.9 Å². The van der Waals surface area contributed by atoms with Crippen molar-refractivity contribution in [2.24, 2.45) is 5.92 Å². The van der Waals surface area contributed by atoms with Gasteiger partial charge in [-0.05, 0) is 30.9 Å². The molecule has 2 atom stereocenters. The van der Waals surface area contributed by atoms with E-state index in [4.69, 9.17) is 4.42 Å². The predicted octanol–water partition coefficient (Wildman–Crippen LogP) is 4.28. The van der Waals surface area contributed by atoms with E-state index in [2.05, 4.69) is 22.0 Å². The largest absolute Gasteiger partial charge is 0.464 e. The van der Waals surface area contributed by atoms with Crippen LogP contribution in [0.5, 0.6) is 0 Å². The Balaban J connectivity index is 1.83. The smallest absolute Gasteiger partial charge is 0.433 e. The lowest BCUT2D eigenvalue weighted by Crippen LogP contribution is -2.37. The molecule has 0 radical (unpaired) electrons. The van der Waals surface area contributed by atoms with Crippen LogP contribution in [0.15, 0.2) is 28.9 Å². The van der Waals surface area contributed by atoms with Gasteiger partial charge in [-0.2, -0.15) is 27.8 Å². The highest BCUT2D eigenvalue weighted by Gasteiger charge is 2.37. The van der Waals surface area contributed by atoms with Gasteiger partial charge in [0.25, 0.3) is 5.78 Å². The Kier molecular flexibility index (Phi) is 4.32. The first-order valence-electron chi connectivity index (χ1n) is 9.00. The number of piperidine rings is 1. The summed E-state index contributed by atoms with van der Waals surface area (Å²) in [6.45, 7) is 4.75. The highest BCUT2D eigenvalue weighted by molar-refractivity contribution is 5.50. The molecule has 0 N–H and O–H groups in total. The van der Waals surface area contributed by atoms with Gasteiger partial charge in [0.05, 0.1) is 6.04 Å². The van der Waals surface area contributed by atoms with Gasteiger partial charge in [-0.25, -0.2) is 4.98 Å². The Morgan fingerprint density at radius 1 is 1.30 bits per heavy atom. The molecule has 0 aliphatic carbocycles. The van der Waals surface area contributed by atoms with Crippen molar-refractivity contribution in [3.63, 3.8) is 0 Å². The number of nitrogens with zero attached hydrogens (tertiary/aromatic N) is 5. The Labute approximate surface area is 154 Å². The van der Waals surface area contributed by atoms with Crippen molar-refractivity contribution in [1.29, 1.82) is 0 Å². The summed E-state index contributed by atoms with van der Waals surface area (Å²) in [6.07, 6.45) is -0.909. The van der Waals surface area contributed by atoms with Crippen LogP contribution in [0.25, 0.3) is 5.78 Å². The van der Waals surface area contributed by atoms with E-state index in [1.165, 1.54) is 10.8 Å². The first-order chi connectivity index (χ1) is 12.9. The van der Waals surface area contributed by atoms with Crippen LogP contribution < -0.4 is 4.90 Å². The fraction of sp³-hybridized carbons (Fsp3) is 0.500. The van der Waals surface area contributed by atoms with Gasteiger partial charge in [0.15, 0.2) is 5.69 Å². The molecule has 0 spiro atoms. The topological polar surface area (TPSA) is 59.5 Å². The standard InChI is InChI=1S/C18H20F3N5O/c1-3-12-4-5-14(27-12)13-8-11(2)6-7-25(13)16-9-15(18(19,20)21)24-17-22-10-23-26(16)17/h4-5,9-11,13H,3,6-8H2,1-2H3/t11-,13-/m0/s1. The zero-order valence-electron chi connectivity index (χ0n) is 15.1. The summed E-state index contributed by atoms with van der Waals surface area (Å²) in [5, 5.41) is 4.09. The molecule has 0 unspecified atom stereocenters. The Bertz CT molecular complexity index is 948. The van der Waals surface area contributed by atoms with Gasteiger partial charge in [-0.15, -0.1) is 0 Å². The summed E-state index contributed by atoms with van der Waals surface area (Å²) in [5.74, 6) is 2.33. The van der Waals surface area contributed by atoms with Gasteiger partial charge in [0.2, 0.25) is 0 Å². The number of alkyl halides is 3. The highest BCUT2D eigenvalue weighted by Crippen LogP contribution is 2.39. The van der Waals surface area contributed by atoms with Crippen LogP contribution in [-0.2, 0) is 12.6 Å². The van der Waals surface area contributed by atoms with E-state index in [0.29, 0.717) is 18.3 Å². The number of aromatic nitrogens is 4. The summed E-state index contributed by atoms with van der Waals surface area (Å²) >= 11 is 0. The van der Waals surface area contributed by atoms with Crippen molar-refractivity contribution in [3.05, 3.63) is 41.7 Å². The molecule has 1 fully saturated rings. The van der Waals surface area contributed by atoms with Crippen molar-refractivity contribution in [1.82, 2.24) is 19.6 Å². The Morgan fingerprint density at radius 3 is 2.81 bits per heavy atom. The van der Waals surface area contributed by atoms with Gasteiger partial charge >= 0.3 is 6.18 Å².